The van der Waals surface area contributed by atoms with E-state index in [0.29, 0.717) is 0 Å². The second kappa shape index (κ2) is 4.21. The molecule has 0 atom stereocenters. The van der Waals surface area contributed by atoms with Crippen molar-refractivity contribution in [1.29, 1.82) is 0 Å². The Hall–Kier alpha value is -1.08. The normalized spacial score (nSPS) is 15.5. The number of Topliss-reactive ketones (excluding diaryl/α,β-unsaturated/α-hetero) is 1. The SMILES string of the molecule is O=C(C(F)(F)F)C(C(F)(F)F)(C(F)(F)F)S(=O)(=O)F. The Balaban J connectivity index is 6.74. The molecule has 0 aromatic rings. The van der Waals surface area contributed by atoms with Crippen LogP contribution in [0.2, 0.25) is 0 Å². The minimum absolute atomic E-state index is 4.83. The van der Waals surface area contributed by atoms with Crippen LogP contribution < -0.4 is 0 Å². The van der Waals surface area contributed by atoms with E-state index in [2.05, 4.69) is 0 Å². The molecule has 19 heavy (non-hydrogen) atoms. The van der Waals surface area contributed by atoms with Crippen LogP contribution in [-0.4, -0.2) is 37.5 Å². The summed E-state index contributed by atoms with van der Waals surface area (Å²) < 4.78 is 133. The number of carbonyl (C=O) groups is 1. The van der Waals surface area contributed by atoms with Gasteiger partial charge < -0.3 is 0 Å². The van der Waals surface area contributed by atoms with Crippen molar-refractivity contribution in [3.63, 3.8) is 0 Å². The fraction of sp³-hybridized carbons (Fsp3) is 0.800. The largest absolute Gasteiger partial charge is 0.452 e. The van der Waals surface area contributed by atoms with Crippen LogP contribution >= 0.6 is 0 Å². The van der Waals surface area contributed by atoms with Crippen LogP contribution in [0.25, 0.3) is 0 Å². The lowest BCUT2D eigenvalue weighted by atomic mass is 10.0. The van der Waals surface area contributed by atoms with Crippen LogP contribution in [0.1, 0.15) is 0 Å². The highest BCUT2D eigenvalue weighted by molar-refractivity contribution is 7.88. The predicted octanol–water partition coefficient (Wildman–Crippen LogP) is 2.28. The molecule has 0 aliphatic carbocycles. The average Bonchev–Trinajstić information content (AvgIpc) is 1.92. The van der Waals surface area contributed by atoms with Crippen LogP contribution in [0.4, 0.5) is 43.4 Å². The molecule has 0 aliphatic heterocycles. The summed E-state index contributed by atoms with van der Waals surface area (Å²) in [5.74, 6) is -4.83. The van der Waals surface area contributed by atoms with Crippen molar-refractivity contribution in [1.82, 2.24) is 0 Å². The lowest BCUT2D eigenvalue weighted by molar-refractivity contribution is -0.272. The molecule has 3 nitrogen and oxygen atoms in total. The van der Waals surface area contributed by atoms with Crippen molar-refractivity contribution in [3.8, 4) is 0 Å². The van der Waals surface area contributed by atoms with E-state index in [1.54, 1.807) is 0 Å². The fourth-order valence-corrected chi connectivity index (χ4v) is 1.90. The van der Waals surface area contributed by atoms with E-state index in [0.717, 1.165) is 0 Å². The molecule has 0 aromatic heterocycles. The van der Waals surface area contributed by atoms with Crippen molar-refractivity contribution in [2.24, 2.45) is 0 Å². The molecule has 0 amide bonds. The molecule has 0 heterocycles. The van der Waals surface area contributed by atoms with E-state index in [1.165, 1.54) is 0 Å². The zero-order chi connectivity index (χ0) is 16.1. The second-order valence-corrected chi connectivity index (χ2v) is 4.43. The summed E-state index contributed by atoms with van der Waals surface area (Å²) in [6.45, 7) is 0. The number of alkyl halides is 9. The molecule has 114 valence electrons. The summed E-state index contributed by atoms with van der Waals surface area (Å²) in [5, 5.41) is 0. The standard InChI is InChI=1S/C5F10O3S/c6-3(7,8)1(16)2(4(9,10)11,5(12,13)14)19(15,17)18. The van der Waals surface area contributed by atoms with Crippen molar-refractivity contribution in [2.45, 2.75) is 23.3 Å². The van der Waals surface area contributed by atoms with Gasteiger partial charge in [0, 0.05) is 0 Å². The highest BCUT2D eigenvalue weighted by atomic mass is 32.3. The number of rotatable bonds is 2. The first-order valence-corrected chi connectivity index (χ1v) is 4.98. The summed E-state index contributed by atoms with van der Waals surface area (Å²) in [6, 6.07) is 0. The minimum Gasteiger partial charge on any atom is -0.287 e. The van der Waals surface area contributed by atoms with E-state index < -0.39 is 39.3 Å². The van der Waals surface area contributed by atoms with Gasteiger partial charge in [-0.25, -0.2) is 0 Å². The van der Waals surface area contributed by atoms with Gasteiger partial charge in [0.1, 0.15) is 0 Å². The van der Waals surface area contributed by atoms with Crippen molar-refractivity contribution < 1.29 is 56.6 Å². The van der Waals surface area contributed by atoms with Gasteiger partial charge in [-0.05, 0) is 0 Å². The van der Waals surface area contributed by atoms with Crippen LogP contribution in [0.5, 0.6) is 0 Å². The molecule has 0 aliphatic rings. The molecular formula is C5F10O3S. The van der Waals surface area contributed by atoms with Crippen molar-refractivity contribution >= 4 is 16.0 Å². The predicted molar refractivity (Wildman–Crippen MR) is 35.9 cm³/mol. The number of halogens is 10. The Morgan fingerprint density at radius 1 is 0.737 bits per heavy atom. The monoisotopic (exact) mass is 330 g/mol. The third-order valence-corrected chi connectivity index (χ3v) is 3.12. The maximum atomic E-state index is 12.3. The van der Waals surface area contributed by atoms with Gasteiger partial charge in [0.05, 0.1) is 0 Å². The van der Waals surface area contributed by atoms with Gasteiger partial charge in [0.2, 0.25) is 0 Å². The Bertz CT molecular complexity index is 451. The average molecular weight is 330 g/mol. The van der Waals surface area contributed by atoms with Crippen LogP contribution in [0.15, 0.2) is 0 Å². The van der Waals surface area contributed by atoms with Crippen LogP contribution in [0, 0.1) is 0 Å². The van der Waals surface area contributed by atoms with E-state index in [9.17, 15) is 56.6 Å². The highest BCUT2D eigenvalue weighted by Crippen LogP contribution is 2.52. The summed E-state index contributed by atoms with van der Waals surface area (Å²) in [5.41, 5.74) is 0. The summed E-state index contributed by atoms with van der Waals surface area (Å²) in [6.07, 6.45) is -21.7. The third kappa shape index (κ3) is 2.62. The van der Waals surface area contributed by atoms with Gasteiger partial charge in [-0.2, -0.15) is 47.9 Å². The van der Waals surface area contributed by atoms with Gasteiger partial charge in [-0.3, -0.25) is 4.79 Å². The first kappa shape index (κ1) is 17.9. The smallest absolute Gasteiger partial charge is 0.287 e. The van der Waals surface area contributed by atoms with Gasteiger partial charge in [-0.1, -0.05) is 0 Å². The van der Waals surface area contributed by atoms with Gasteiger partial charge in [-0.15, -0.1) is 3.89 Å². The number of carbonyl (C=O) groups excluding carboxylic acids is 1. The maximum absolute atomic E-state index is 12.3. The summed E-state index contributed by atoms with van der Waals surface area (Å²) in [4.78, 5) is 10.2. The summed E-state index contributed by atoms with van der Waals surface area (Å²) >= 11 is 0. The zero-order valence-corrected chi connectivity index (χ0v) is 8.73. The number of hydrogen-bond donors (Lipinski definition) is 0. The molecule has 0 rings (SSSR count). The molecule has 0 bridgehead atoms. The summed E-state index contributed by atoms with van der Waals surface area (Å²) in [7, 11) is -8.04. The molecule has 0 unspecified atom stereocenters. The van der Waals surface area contributed by atoms with E-state index >= 15 is 0 Å². The Morgan fingerprint density at radius 2 is 1.00 bits per heavy atom. The quantitative estimate of drug-likeness (QED) is 0.577. The Kier molecular flexibility index (Phi) is 3.97. The third-order valence-electron chi connectivity index (χ3n) is 1.74. The number of hydrogen-bond acceptors (Lipinski definition) is 3. The topological polar surface area (TPSA) is 51.2 Å². The second-order valence-electron chi connectivity index (χ2n) is 2.94. The van der Waals surface area contributed by atoms with Gasteiger partial charge >= 0.3 is 33.5 Å². The molecule has 0 spiro atoms. The Labute approximate surface area is 96.9 Å². The van der Waals surface area contributed by atoms with Crippen molar-refractivity contribution in [2.75, 3.05) is 0 Å². The first-order chi connectivity index (χ1) is 7.90. The zero-order valence-electron chi connectivity index (χ0n) is 7.91. The lowest BCUT2D eigenvalue weighted by Crippen LogP contribution is -2.68. The maximum Gasteiger partial charge on any atom is 0.452 e. The van der Waals surface area contributed by atoms with Crippen LogP contribution in [-0.2, 0) is 15.0 Å². The molecule has 14 heteroatoms. The van der Waals surface area contributed by atoms with Crippen molar-refractivity contribution in [3.05, 3.63) is 0 Å². The fourth-order valence-electron chi connectivity index (χ4n) is 1.00. The molecule has 0 saturated carbocycles. The molecule has 0 radical (unpaired) electrons. The highest BCUT2D eigenvalue weighted by Gasteiger charge is 2.87. The number of ketones is 1. The van der Waals surface area contributed by atoms with E-state index in [-0.39, 0.29) is 0 Å². The van der Waals surface area contributed by atoms with Crippen LogP contribution in [0.3, 0.4) is 0 Å². The van der Waals surface area contributed by atoms with Gasteiger partial charge in [0.15, 0.2) is 0 Å². The van der Waals surface area contributed by atoms with E-state index in [4.69, 9.17) is 0 Å². The Morgan fingerprint density at radius 3 is 1.05 bits per heavy atom. The molecule has 0 N–H and O–H groups in total. The first-order valence-electron chi connectivity index (χ1n) is 3.60. The molecule has 0 saturated heterocycles. The lowest BCUT2D eigenvalue weighted by Gasteiger charge is -2.32. The molecule has 0 aromatic carbocycles. The molecular weight excluding hydrogens is 330 g/mol. The minimum atomic E-state index is -8.04. The molecule has 0 fully saturated rings. The van der Waals surface area contributed by atoms with Gasteiger partial charge in [0.25, 0.3) is 5.78 Å². The van der Waals surface area contributed by atoms with E-state index in [1.807, 2.05) is 0 Å².